The molecule has 1 aromatic heterocycles. The Hall–Kier alpha value is -2.43. The Bertz CT molecular complexity index is 672. The van der Waals surface area contributed by atoms with Gasteiger partial charge in [-0.05, 0) is 0 Å². The van der Waals surface area contributed by atoms with Crippen molar-refractivity contribution in [3.8, 4) is 0 Å². The van der Waals surface area contributed by atoms with Crippen LogP contribution in [0, 0.1) is 10.1 Å². The highest BCUT2D eigenvalue weighted by molar-refractivity contribution is 7.90. The largest absolute Gasteiger partial charge is 0.409 e. The fourth-order valence-corrected chi connectivity index (χ4v) is 2.09. The second kappa shape index (κ2) is 6.35. The molecule has 0 spiro atoms. The highest BCUT2D eigenvalue weighted by Gasteiger charge is 2.21. The molecule has 3 N–H and O–H groups in total. The van der Waals surface area contributed by atoms with Crippen LogP contribution in [0.5, 0.6) is 0 Å². The summed E-state index contributed by atoms with van der Waals surface area (Å²) in [5.74, 6) is -0.473. The SMILES string of the molecule is CN(CCS(C)(=O)=O)c1ncc(C(N)=NO)cc1[N+](=O)[O-]. The van der Waals surface area contributed by atoms with E-state index in [0.717, 1.165) is 12.3 Å². The number of pyridine rings is 1. The van der Waals surface area contributed by atoms with Gasteiger partial charge in [0, 0.05) is 37.7 Å². The van der Waals surface area contributed by atoms with Crippen LogP contribution in [0.25, 0.3) is 0 Å². The quantitative estimate of drug-likeness (QED) is 0.235. The van der Waals surface area contributed by atoms with Crippen molar-refractivity contribution in [3.63, 3.8) is 0 Å². The van der Waals surface area contributed by atoms with E-state index >= 15 is 0 Å². The molecule has 1 aromatic rings. The molecule has 0 atom stereocenters. The molecule has 0 aliphatic heterocycles. The van der Waals surface area contributed by atoms with Crippen LogP contribution in [0.1, 0.15) is 5.56 Å². The fourth-order valence-electron chi connectivity index (χ4n) is 1.48. The first kappa shape index (κ1) is 16.6. The number of nitro groups is 1. The first-order chi connectivity index (χ1) is 9.65. The molecule has 0 fully saturated rings. The maximum Gasteiger partial charge on any atom is 0.312 e. The summed E-state index contributed by atoms with van der Waals surface area (Å²) in [4.78, 5) is 15.6. The lowest BCUT2D eigenvalue weighted by molar-refractivity contribution is -0.384. The van der Waals surface area contributed by atoms with Gasteiger partial charge in [0.2, 0.25) is 5.82 Å². The Morgan fingerprint density at radius 1 is 1.62 bits per heavy atom. The number of aromatic nitrogens is 1. The van der Waals surface area contributed by atoms with Crippen molar-refractivity contribution < 1.29 is 18.5 Å². The number of nitrogens with two attached hydrogens (primary N) is 1. The predicted molar refractivity (Wildman–Crippen MR) is 76.4 cm³/mol. The van der Waals surface area contributed by atoms with E-state index in [1.807, 2.05) is 0 Å². The van der Waals surface area contributed by atoms with Crippen molar-refractivity contribution in [1.29, 1.82) is 0 Å². The molecule has 0 amide bonds. The molecular weight excluding hydrogens is 302 g/mol. The van der Waals surface area contributed by atoms with Gasteiger partial charge in [-0.25, -0.2) is 13.4 Å². The minimum Gasteiger partial charge on any atom is -0.409 e. The lowest BCUT2D eigenvalue weighted by Crippen LogP contribution is -2.26. The number of rotatable bonds is 6. The summed E-state index contributed by atoms with van der Waals surface area (Å²) >= 11 is 0. The smallest absolute Gasteiger partial charge is 0.312 e. The molecule has 0 saturated carbocycles. The van der Waals surface area contributed by atoms with Crippen LogP contribution >= 0.6 is 0 Å². The van der Waals surface area contributed by atoms with Crippen molar-refractivity contribution >= 4 is 27.2 Å². The average Bonchev–Trinajstić information content (AvgIpc) is 2.42. The summed E-state index contributed by atoms with van der Waals surface area (Å²) in [5.41, 5.74) is 5.07. The first-order valence-electron chi connectivity index (χ1n) is 5.67. The molecule has 1 heterocycles. The number of oxime groups is 1. The third-order valence-electron chi connectivity index (χ3n) is 2.61. The Labute approximate surface area is 120 Å². The van der Waals surface area contributed by atoms with Gasteiger partial charge in [-0.3, -0.25) is 10.1 Å². The molecule has 0 aliphatic rings. The number of sulfone groups is 1. The lowest BCUT2D eigenvalue weighted by Gasteiger charge is -2.17. The normalized spacial score (nSPS) is 12.2. The topological polar surface area (TPSA) is 152 Å². The van der Waals surface area contributed by atoms with Crippen LogP contribution in [0.2, 0.25) is 0 Å². The molecule has 0 unspecified atom stereocenters. The minimum absolute atomic E-state index is 0.00172. The molecular formula is C10H15N5O5S. The lowest BCUT2D eigenvalue weighted by atomic mass is 10.2. The van der Waals surface area contributed by atoms with Gasteiger partial charge in [0.05, 0.1) is 10.7 Å². The Balaban J connectivity index is 3.15. The first-order valence-corrected chi connectivity index (χ1v) is 7.73. The summed E-state index contributed by atoms with van der Waals surface area (Å²) in [5, 5.41) is 22.4. The number of nitrogens with zero attached hydrogens (tertiary/aromatic N) is 4. The molecule has 21 heavy (non-hydrogen) atoms. The van der Waals surface area contributed by atoms with Gasteiger partial charge in [-0.1, -0.05) is 5.16 Å². The zero-order chi connectivity index (χ0) is 16.2. The summed E-state index contributed by atoms with van der Waals surface area (Å²) < 4.78 is 22.3. The summed E-state index contributed by atoms with van der Waals surface area (Å²) in [6.07, 6.45) is 2.28. The van der Waals surface area contributed by atoms with Gasteiger partial charge in [-0.2, -0.15) is 0 Å². The molecule has 0 radical (unpaired) electrons. The molecule has 1 rings (SSSR count). The number of hydrogen-bond donors (Lipinski definition) is 2. The van der Waals surface area contributed by atoms with Gasteiger partial charge in [0.15, 0.2) is 5.84 Å². The third kappa shape index (κ3) is 4.56. The van der Waals surface area contributed by atoms with Crippen molar-refractivity contribution in [2.45, 2.75) is 0 Å². The van der Waals surface area contributed by atoms with Crippen LogP contribution in [0.3, 0.4) is 0 Å². The van der Waals surface area contributed by atoms with Crippen LogP contribution < -0.4 is 10.6 Å². The van der Waals surface area contributed by atoms with Crippen molar-refractivity contribution in [2.24, 2.45) is 10.9 Å². The molecule has 0 aromatic carbocycles. The zero-order valence-corrected chi connectivity index (χ0v) is 12.2. The van der Waals surface area contributed by atoms with Crippen LogP contribution in [0.4, 0.5) is 11.5 Å². The van der Waals surface area contributed by atoms with Crippen molar-refractivity contribution in [3.05, 3.63) is 27.9 Å². The van der Waals surface area contributed by atoms with E-state index in [4.69, 9.17) is 10.9 Å². The van der Waals surface area contributed by atoms with E-state index < -0.39 is 14.8 Å². The van der Waals surface area contributed by atoms with Crippen LogP contribution in [-0.4, -0.2) is 55.0 Å². The predicted octanol–water partition coefficient (Wildman–Crippen LogP) is -0.435. The number of amidine groups is 1. The summed E-state index contributed by atoms with van der Waals surface area (Å²) in [7, 11) is -1.71. The molecule has 10 nitrogen and oxygen atoms in total. The minimum atomic E-state index is -3.20. The van der Waals surface area contributed by atoms with Crippen LogP contribution in [0.15, 0.2) is 17.4 Å². The van der Waals surface area contributed by atoms with E-state index in [1.165, 1.54) is 18.1 Å². The van der Waals surface area contributed by atoms with Crippen molar-refractivity contribution in [2.75, 3.05) is 30.5 Å². The van der Waals surface area contributed by atoms with E-state index in [2.05, 4.69) is 10.1 Å². The molecule has 11 heteroatoms. The van der Waals surface area contributed by atoms with E-state index in [9.17, 15) is 18.5 Å². The van der Waals surface area contributed by atoms with Crippen LogP contribution in [-0.2, 0) is 9.84 Å². The van der Waals surface area contributed by atoms with Gasteiger partial charge < -0.3 is 15.8 Å². The maximum atomic E-state index is 11.1. The molecule has 0 aliphatic carbocycles. The van der Waals surface area contributed by atoms with E-state index in [0.29, 0.717) is 0 Å². The second-order valence-corrected chi connectivity index (χ2v) is 6.62. The molecule has 116 valence electrons. The van der Waals surface area contributed by atoms with Gasteiger partial charge >= 0.3 is 5.69 Å². The average molecular weight is 317 g/mol. The third-order valence-corrected chi connectivity index (χ3v) is 3.53. The second-order valence-electron chi connectivity index (χ2n) is 4.36. The highest BCUT2D eigenvalue weighted by atomic mass is 32.2. The number of hydrogen-bond acceptors (Lipinski definition) is 8. The number of anilines is 1. The highest BCUT2D eigenvalue weighted by Crippen LogP contribution is 2.25. The van der Waals surface area contributed by atoms with Gasteiger partial charge in [-0.15, -0.1) is 0 Å². The molecule has 0 saturated heterocycles. The van der Waals surface area contributed by atoms with Gasteiger partial charge in [0.25, 0.3) is 0 Å². The summed E-state index contributed by atoms with van der Waals surface area (Å²) in [6.45, 7) is 0.0512. The van der Waals surface area contributed by atoms with E-state index in [-0.39, 0.29) is 35.2 Å². The Morgan fingerprint density at radius 3 is 2.71 bits per heavy atom. The standard InChI is InChI=1S/C10H15N5O5S/c1-14(3-4-21(2,19)20)10-8(15(17)18)5-7(6-12-10)9(11)13-16/h5-6,16H,3-4H2,1-2H3,(H2,11,13). The Kier molecular flexibility index (Phi) is 5.02. The summed E-state index contributed by atoms with van der Waals surface area (Å²) in [6, 6.07) is 1.11. The Morgan fingerprint density at radius 2 is 2.24 bits per heavy atom. The fraction of sp³-hybridized carbons (Fsp3) is 0.400. The van der Waals surface area contributed by atoms with Crippen molar-refractivity contribution in [1.82, 2.24) is 4.98 Å². The maximum absolute atomic E-state index is 11.1. The zero-order valence-electron chi connectivity index (χ0n) is 11.4. The van der Waals surface area contributed by atoms with Gasteiger partial charge in [0.1, 0.15) is 9.84 Å². The molecule has 0 bridgehead atoms. The monoisotopic (exact) mass is 317 g/mol. The van der Waals surface area contributed by atoms with E-state index in [1.54, 1.807) is 0 Å².